The number of carbonyl (C=O) groups is 2. The van der Waals surface area contributed by atoms with E-state index in [0.717, 1.165) is 30.1 Å². The van der Waals surface area contributed by atoms with Gasteiger partial charge in [0, 0.05) is 36.4 Å². The van der Waals surface area contributed by atoms with Crippen LogP contribution >= 0.6 is 23.5 Å². The van der Waals surface area contributed by atoms with Crippen molar-refractivity contribution in [2.24, 2.45) is 0 Å². The molecule has 2 saturated heterocycles. The van der Waals surface area contributed by atoms with Gasteiger partial charge in [-0.1, -0.05) is 0 Å². The fourth-order valence-corrected chi connectivity index (χ4v) is 4.92. The Labute approximate surface area is 128 Å². The highest BCUT2D eigenvalue weighted by Gasteiger charge is 2.28. The average Bonchev–Trinajstić information content (AvgIpc) is 2.49. The molecular formula is C13H22N2O3S2. The fourth-order valence-electron chi connectivity index (χ4n) is 2.35. The van der Waals surface area contributed by atoms with Crippen molar-refractivity contribution in [1.82, 2.24) is 10.2 Å². The second-order valence-electron chi connectivity index (χ2n) is 4.90. The number of nitrogens with one attached hydrogen (secondary N) is 1. The summed E-state index contributed by atoms with van der Waals surface area (Å²) in [7, 11) is 0. The van der Waals surface area contributed by atoms with Gasteiger partial charge < -0.3 is 15.0 Å². The topological polar surface area (TPSA) is 58.6 Å². The quantitative estimate of drug-likeness (QED) is 0.856. The second kappa shape index (κ2) is 8.02. The number of piperidine rings is 1. The highest BCUT2D eigenvalue weighted by atomic mass is 32.2. The number of thioether (sulfide) groups is 2. The Morgan fingerprint density at radius 1 is 1.30 bits per heavy atom. The molecule has 0 bridgehead atoms. The van der Waals surface area contributed by atoms with E-state index in [2.05, 4.69) is 5.32 Å². The summed E-state index contributed by atoms with van der Waals surface area (Å²) in [5.41, 5.74) is 0. The van der Waals surface area contributed by atoms with Gasteiger partial charge in [0.05, 0.1) is 11.9 Å². The van der Waals surface area contributed by atoms with Crippen molar-refractivity contribution in [3.63, 3.8) is 0 Å². The largest absolute Gasteiger partial charge is 0.450 e. The van der Waals surface area contributed by atoms with E-state index < -0.39 is 0 Å². The monoisotopic (exact) mass is 318 g/mol. The van der Waals surface area contributed by atoms with Crippen LogP contribution < -0.4 is 5.32 Å². The Kier molecular flexibility index (Phi) is 6.35. The van der Waals surface area contributed by atoms with Crippen LogP contribution in [0.3, 0.4) is 0 Å². The zero-order valence-electron chi connectivity index (χ0n) is 11.8. The molecular weight excluding hydrogens is 296 g/mol. The number of hydrogen-bond acceptors (Lipinski definition) is 5. The third-order valence-electron chi connectivity index (χ3n) is 3.48. The zero-order chi connectivity index (χ0) is 14.4. The predicted octanol–water partition coefficient (Wildman–Crippen LogP) is 1.57. The maximum atomic E-state index is 12.1. The highest BCUT2D eigenvalue weighted by molar-refractivity contribution is 8.07. The van der Waals surface area contributed by atoms with Crippen molar-refractivity contribution in [1.29, 1.82) is 0 Å². The molecule has 114 valence electrons. The fraction of sp³-hybridized carbons (Fsp3) is 0.846. The number of rotatable bonds is 3. The molecule has 0 aromatic heterocycles. The van der Waals surface area contributed by atoms with E-state index in [1.54, 1.807) is 16.7 Å². The van der Waals surface area contributed by atoms with Crippen LogP contribution in [0.4, 0.5) is 4.79 Å². The van der Waals surface area contributed by atoms with Gasteiger partial charge >= 0.3 is 6.09 Å². The van der Waals surface area contributed by atoms with Crippen molar-refractivity contribution >= 4 is 35.5 Å². The van der Waals surface area contributed by atoms with Gasteiger partial charge in [-0.05, 0) is 19.8 Å². The van der Waals surface area contributed by atoms with E-state index in [9.17, 15) is 9.59 Å². The first kappa shape index (κ1) is 15.8. The van der Waals surface area contributed by atoms with E-state index in [4.69, 9.17) is 4.74 Å². The van der Waals surface area contributed by atoms with Gasteiger partial charge in [0.25, 0.3) is 0 Å². The molecule has 0 aromatic rings. The Morgan fingerprint density at radius 2 is 2.05 bits per heavy atom. The molecule has 7 heteroatoms. The molecule has 0 spiro atoms. The summed E-state index contributed by atoms with van der Waals surface area (Å²) in [4.78, 5) is 25.4. The van der Waals surface area contributed by atoms with Gasteiger partial charge in [-0.25, -0.2) is 4.79 Å². The molecule has 0 unspecified atom stereocenters. The lowest BCUT2D eigenvalue weighted by atomic mass is 10.1. The molecule has 1 atom stereocenters. The average molecular weight is 318 g/mol. The third-order valence-corrected chi connectivity index (χ3v) is 6.23. The number of nitrogens with zero attached hydrogens (tertiary/aromatic N) is 1. The van der Waals surface area contributed by atoms with Crippen molar-refractivity contribution < 1.29 is 14.3 Å². The summed E-state index contributed by atoms with van der Waals surface area (Å²) in [5.74, 6) is 3.28. The predicted molar refractivity (Wildman–Crippen MR) is 83.3 cm³/mol. The molecule has 0 aromatic carbocycles. The van der Waals surface area contributed by atoms with Crippen molar-refractivity contribution in [3.8, 4) is 0 Å². The maximum absolute atomic E-state index is 12.1. The molecule has 2 rings (SSSR count). The summed E-state index contributed by atoms with van der Waals surface area (Å²) in [5, 5.41) is 3.22. The van der Waals surface area contributed by atoms with Crippen LogP contribution in [0.5, 0.6) is 0 Å². The second-order valence-corrected chi connectivity index (χ2v) is 7.36. The van der Waals surface area contributed by atoms with Gasteiger partial charge in [-0.15, -0.1) is 11.8 Å². The molecule has 20 heavy (non-hydrogen) atoms. The first-order chi connectivity index (χ1) is 9.70. The lowest BCUT2D eigenvalue weighted by molar-refractivity contribution is -0.121. The summed E-state index contributed by atoms with van der Waals surface area (Å²) >= 11 is 3.61. The Hall–Kier alpha value is -0.560. The number of hydrogen-bond donors (Lipinski definition) is 1. The van der Waals surface area contributed by atoms with Gasteiger partial charge in [-0.2, -0.15) is 11.8 Å². The Bertz CT molecular complexity index is 341. The molecule has 2 aliphatic rings. The van der Waals surface area contributed by atoms with Crippen LogP contribution in [-0.2, 0) is 9.53 Å². The molecule has 1 N–H and O–H groups in total. The van der Waals surface area contributed by atoms with E-state index in [0.29, 0.717) is 19.7 Å². The molecule has 0 radical (unpaired) electrons. The Morgan fingerprint density at radius 3 is 2.65 bits per heavy atom. The summed E-state index contributed by atoms with van der Waals surface area (Å²) in [6.45, 7) is 3.55. The van der Waals surface area contributed by atoms with Gasteiger partial charge in [0.15, 0.2) is 0 Å². The van der Waals surface area contributed by atoms with E-state index in [-0.39, 0.29) is 23.3 Å². The van der Waals surface area contributed by atoms with E-state index in [1.807, 2.05) is 18.7 Å². The third kappa shape index (κ3) is 4.48. The molecule has 2 fully saturated rings. The Balaban J connectivity index is 1.71. The molecule has 2 heterocycles. The van der Waals surface area contributed by atoms with Crippen molar-refractivity contribution in [2.45, 2.75) is 31.1 Å². The van der Waals surface area contributed by atoms with E-state index in [1.165, 1.54) is 0 Å². The first-order valence-corrected chi connectivity index (χ1v) is 9.32. The summed E-state index contributed by atoms with van der Waals surface area (Å²) in [6.07, 6.45) is 1.39. The highest BCUT2D eigenvalue weighted by Crippen LogP contribution is 2.24. The lowest BCUT2D eigenvalue weighted by Gasteiger charge is -2.32. The molecule has 5 nitrogen and oxygen atoms in total. The van der Waals surface area contributed by atoms with Crippen molar-refractivity contribution in [2.75, 3.05) is 37.0 Å². The van der Waals surface area contributed by atoms with E-state index >= 15 is 0 Å². The minimum Gasteiger partial charge on any atom is -0.450 e. The molecule has 0 aliphatic carbocycles. The number of carbonyl (C=O) groups excluding carboxylic acids is 2. The summed E-state index contributed by atoms with van der Waals surface area (Å²) in [6, 6.07) is 0.195. The molecule has 0 saturated carbocycles. The van der Waals surface area contributed by atoms with Crippen molar-refractivity contribution in [3.05, 3.63) is 0 Å². The normalized spacial score (nSPS) is 24.2. The van der Waals surface area contributed by atoms with Gasteiger partial charge in [-0.3, -0.25) is 4.79 Å². The summed E-state index contributed by atoms with van der Waals surface area (Å²) < 4.78 is 4.99. The standard InChI is InChI=1S/C13H22N2O3S2/c1-2-18-13(17)15-5-3-10(4-6-15)14-12(16)11-9-19-7-8-20-11/h10-11H,2-9H2,1H3,(H,14,16)/t11-/m1/s1. The van der Waals surface area contributed by atoms with Crippen LogP contribution in [0.15, 0.2) is 0 Å². The molecule has 2 aliphatic heterocycles. The zero-order valence-corrected chi connectivity index (χ0v) is 13.4. The SMILES string of the molecule is CCOC(=O)N1CCC(NC(=O)[C@H]2CSCCS2)CC1. The van der Waals surface area contributed by atoms with Crippen LogP contribution in [0.25, 0.3) is 0 Å². The number of likely N-dealkylation sites (tertiary alicyclic amines) is 1. The van der Waals surface area contributed by atoms with Crippen LogP contribution in [0.1, 0.15) is 19.8 Å². The maximum Gasteiger partial charge on any atom is 0.409 e. The van der Waals surface area contributed by atoms with Crippen LogP contribution in [0.2, 0.25) is 0 Å². The minimum atomic E-state index is -0.239. The number of ether oxygens (including phenoxy) is 1. The van der Waals surface area contributed by atoms with Crippen LogP contribution in [-0.4, -0.2) is 65.1 Å². The smallest absolute Gasteiger partial charge is 0.409 e. The van der Waals surface area contributed by atoms with Gasteiger partial charge in [0.1, 0.15) is 0 Å². The van der Waals surface area contributed by atoms with Gasteiger partial charge in [0.2, 0.25) is 5.91 Å². The number of amides is 2. The lowest BCUT2D eigenvalue weighted by Crippen LogP contribution is -2.49. The molecule has 2 amide bonds. The first-order valence-electron chi connectivity index (χ1n) is 7.12. The van der Waals surface area contributed by atoms with Crippen LogP contribution in [0, 0.1) is 0 Å². The minimum absolute atomic E-state index is 0.0943.